The topological polar surface area (TPSA) is 25.8 Å². The van der Waals surface area contributed by atoms with Crippen molar-refractivity contribution in [2.45, 2.75) is 0 Å². The van der Waals surface area contributed by atoms with E-state index in [9.17, 15) is 0 Å². The highest BCUT2D eigenvalue weighted by atomic mass is 32.1. The van der Waals surface area contributed by atoms with E-state index in [1.165, 1.54) is 53.9 Å². The molecule has 9 aromatic rings. The monoisotopic (exact) mass is 590 g/mol. The minimum absolute atomic E-state index is 0.740. The minimum atomic E-state index is 0.740. The van der Waals surface area contributed by atoms with Crippen LogP contribution in [0.3, 0.4) is 0 Å². The van der Waals surface area contributed by atoms with Crippen molar-refractivity contribution in [3.8, 4) is 44.9 Å². The Morgan fingerprint density at radius 2 is 0.867 bits per heavy atom. The van der Waals surface area contributed by atoms with E-state index in [0.717, 1.165) is 32.9 Å². The lowest BCUT2D eigenvalue weighted by atomic mass is 9.99. The molecule has 0 spiro atoms. The molecule has 0 radical (unpaired) electrons. The van der Waals surface area contributed by atoms with Gasteiger partial charge in [-0.3, -0.25) is 0 Å². The minimum Gasteiger partial charge on any atom is -0.226 e. The second-order valence-electron chi connectivity index (χ2n) is 11.5. The Hall–Kier alpha value is -5.64. The van der Waals surface area contributed by atoms with E-state index in [1.54, 1.807) is 11.3 Å². The molecule has 7 aromatic carbocycles. The highest BCUT2D eigenvalue weighted by Gasteiger charge is 2.17. The van der Waals surface area contributed by atoms with E-state index in [2.05, 4.69) is 158 Å². The van der Waals surface area contributed by atoms with E-state index in [1.807, 2.05) is 0 Å². The summed E-state index contributed by atoms with van der Waals surface area (Å²) in [6.45, 7) is 0. The number of hydrogen-bond donors (Lipinski definition) is 0. The van der Waals surface area contributed by atoms with Crippen LogP contribution in [-0.2, 0) is 0 Å². The highest BCUT2D eigenvalue weighted by Crippen LogP contribution is 2.40. The van der Waals surface area contributed by atoms with Gasteiger partial charge >= 0.3 is 0 Å². The first-order valence-corrected chi connectivity index (χ1v) is 16.0. The maximum absolute atomic E-state index is 5.22. The summed E-state index contributed by atoms with van der Waals surface area (Å²) in [6, 6.07) is 56.3. The van der Waals surface area contributed by atoms with Crippen LogP contribution in [0.5, 0.6) is 0 Å². The Morgan fingerprint density at radius 1 is 0.378 bits per heavy atom. The Bertz CT molecular complexity index is 2530. The summed E-state index contributed by atoms with van der Waals surface area (Å²) in [6.07, 6.45) is 0. The fourth-order valence-corrected chi connectivity index (χ4v) is 7.44. The van der Waals surface area contributed by atoms with Gasteiger partial charge in [0, 0.05) is 21.2 Å². The molecule has 0 saturated carbocycles. The van der Waals surface area contributed by atoms with Gasteiger partial charge in [-0.2, -0.15) is 0 Å². The summed E-state index contributed by atoms with van der Waals surface area (Å²) in [5, 5.41) is 6.17. The molecule has 3 heteroatoms. The van der Waals surface area contributed by atoms with Gasteiger partial charge < -0.3 is 0 Å². The Balaban J connectivity index is 1.14. The molecule has 9 rings (SSSR count). The molecule has 210 valence electrons. The quantitative estimate of drug-likeness (QED) is 0.204. The lowest BCUT2D eigenvalue weighted by Gasteiger charge is -2.10. The second kappa shape index (κ2) is 10.5. The number of benzene rings is 7. The first-order chi connectivity index (χ1) is 22.3. The molecule has 0 saturated heterocycles. The van der Waals surface area contributed by atoms with Crippen LogP contribution in [0.2, 0.25) is 0 Å². The molecule has 2 aromatic heterocycles. The molecular formula is C42H26N2S. The van der Waals surface area contributed by atoms with Gasteiger partial charge in [0.1, 0.15) is 0 Å². The molecule has 2 nitrogen and oxygen atoms in total. The third-order valence-corrected chi connectivity index (χ3v) is 9.85. The number of fused-ring (bicyclic) bond motifs is 5. The molecule has 45 heavy (non-hydrogen) atoms. The number of thiophene rings is 1. The SMILES string of the molecule is c1ccc2cc(-c3ccc(-c4nc(-c5ccc(-c6ccc7ccccc7c6)cc5)c5sc6ccccc6c5n4)cc3)ccc2c1. The summed E-state index contributed by atoms with van der Waals surface area (Å²) in [4.78, 5) is 10.4. The molecule has 0 fully saturated rings. The van der Waals surface area contributed by atoms with Crippen molar-refractivity contribution in [3.05, 3.63) is 158 Å². The predicted molar refractivity (Wildman–Crippen MR) is 192 cm³/mol. The highest BCUT2D eigenvalue weighted by molar-refractivity contribution is 7.26. The normalized spacial score (nSPS) is 11.6. The molecule has 0 aliphatic heterocycles. The lowest BCUT2D eigenvalue weighted by Crippen LogP contribution is -1.94. The average Bonchev–Trinajstić information content (AvgIpc) is 3.50. The Labute approximate surface area is 264 Å². The number of nitrogens with zero attached hydrogens (tertiary/aromatic N) is 2. The smallest absolute Gasteiger partial charge is 0.160 e. The van der Waals surface area contributed by atoms with E-state index >= 15 is 0 Å². The lowest BCUT2D eigenvalue weighted by molar-refractivity contribution is 1.24. The van der Waals surface area contributed by atoms with E-state index < -0.39 is 0 Å². The summed E-state index contributed by atoms with van der Waals surface area (Å²) in [5.74, 6) is 0.740. The van der Waals surface area contributed by atoms with Crippen molar-refractivity contribution >= 4 is 53.2 Å². The van der Waals surface area contributed by atoms with E-state index in [-0.39, 0.29) is 0 Å². The average molecular weight is 591 g/mol. The largest absolute Gasteiger partial charge is 0.226 e. The maximum Gasteiger partial charge on any atom is 0.160 e. The van der Waals surface area contributed by atoms with Gasteiger partial charge in [-0.25, -0.2) is 9.97 Å². The molecule has 0 unspecified atom stereocenters. The molecule has 0 aliphatic rings. The van der Waals surface area contributed by atoms with E-state index in [4.69, 9.17) is 9.97 Å². The van der Waals surface area contributed by atoms with Crippen LogP contribution in [0.25, 0.3) is 86.7 Å². The van der Waals surface area contributed by atoms with Crippen LogP contribution in [-0.4, -0.2) is 9.97 Å². The zero-order chi connectivity index (χ0) is 29.7. The van der Waals surface area contributed by atoms with Crippen molar-refractivity contribution < 1.29 is 0 Å². The number of aromatic nitrogens is 2. The molecule has 0 atom stereocenters. The van der Waals surface area contributed by atoms with Crippen LogP contribution in [0, 0.1) is 0 Å². The van der Waals surface area contributed by atoms with Crippen molar-refractivity contribution in [1.82, 2.24) is 9.97 Å². The summed E-state index contributed by atoms with van der Waals surface area (Å²) < 4.78 is 2.34. The first-order valence-electron chi connectivity index (χ1n) is 15.2. The van der Waals surface area contributed by atoms with Crippen molar-refractivity contribution in [1.29, 1.82) is 0 Å². The van der Waals surface area contributed by atoms with Crippen LogP contribution in [0.15, 0.2) is 158 Å². The standard InChI is InChI=1S/C42H26N2S/c1-3-9-33-25-35(23-17-27(33)7-1)29-13-19-31(20-14-29)39-41-40(37-11-5-6-12-38(37)45-41)44-42(43-39)32-21-15-30(16-22-32)36-24-18-28-8-2-4-10-34(28)26-36/h1-26H. The van der Waals surface area contributed by atoms with Gasteiger partial charge in [-0.05, 0) is 62.0 Å². The van der Waals surface area contributed by atoms with Crippen LogP contribution < -0.4 is 0 Å². The zero-order valence-electron chi connectivity index (χ0n) is 24.3. The fraction of sp³-hybridized carbons (Fsp3) is 0. The molecule has 0 bridgehead atoms. The Morgan fingerprint density at radius 3 is 1.49 bits per heavy atom. The van der Waals surface area contributed by atoms with Gasteiger partial charge in [0.05, 0.1) is 15.9 Å². The van der Waals surface area contributed by atoms with Crippen LogP contribution in [0.4, 0.5) is 0 Å². The zero-order valence-corrected chi connectivity index (χ0v) is 25.1. The maximum atomic E-state index is 5.22. The third kappa shape index (κ3) is 4.57. The van der Waals surface area contributed by atoms with Crippen molar-refractivity contribution in [2.75, 3.05) is 0 Å². The summed E-state index contributed by atoms with van der Waals surface area (Å²) >= 11 is 1.76. The third-order valence-electron chi connectivity index (χ3n) is 8.69. The van der Waals surface area contributed by atoms with Gasteiger partial charge in [-0.1, -0.05) is 140 Å². The summed E-state index contributed by atoms with van der Waals surface area (Å²) in [5.41, 5.74) is 8.85. The molecule has 2 heterocycles. The Kier molecular flexibility index (Phi) is 6.03. The van der Waals surface area contributed by atoms with Crippen molar-refractivity contribution in [3.63, 3.8) is 0 Å². The second-order valence-corrected chi connectivity index (χ2v) is 12.5. The van der Waals surface area contributed by atoms with Gasteiger partial charge in [0.2, 0.25) is 0 Å². The van der Waals surface area contributed by atoms with Crippen molar-refractivity contribution in [2.24, 2.45) is 0 Å². The fourth-order valence-electron chi connectivity index (χ4n) is 6.29. The number of hydrogen-bond acceptors (Lipinski definition) is 3. The first kappa shape index (κ1) is 25.8. The predicted octanol–water partition coefficient (Wildman–Crippen LogP) is 11.8. The molecule has 0 aliphatic carbocycles. The van der Waals surface area contributed by atoms with Crippen LogP contribution >= 0.6 is 11.3 Å². The molecule has 0 N–H and O–H groups in total. The van der Waals surface area contributed by atoms with Crippen LogP contribution in [0.1, 0.15) is 0 Å². The molecule has 0 amide bonds. The van der Waals surface area contributed by atoms with E-state index in [0.29, 0.717) is 0 Å². The number of rotatable bonds is 4. The van der Waals surface area contributed by atoms with Gasteiger partial charge in [0.25, 0.3) is 0 Å². The molecular weight excluding hydrogens is 565 g/mol. The van der Waals surface area contributed by atoms with Gasteiger partial charge in [-0.15, -0.1) is 11.3 Å². The van der Waals surface area contributed by atoms with Gasteiger partial charge in [0.15, 0.2) is 5.82 Å². The summed E-state index contributed by atoms with van der Waals surface area (Å²) in [7, 11) is 0.